The van der Waals surface area contributed by atoms with Gasteiger partial charge >= 0.3 is 0 Å². The first-order valence-corrected chi connectivity index (χ1v) is 7.63. The van der Waals surface area contributed by atoms with Crippen LogP contribution in [0.2, 0.25) is 5.02 Å². The van der Waals surface area contributed by atoms with Crippen LogP contribution < -0.4 is 4.74 Å². The van der Waals surface area contributed by atoms with E-state index in [0.29, 0.717) is 17.4 Å². The first kappa shape index (κ1) is 16.3. The van der Waals surface area contributed by atoms with Gasteiger partial charge in [-0.1, -0.05) is 56.7 Å². The van der Waals surface area contributed by atoms with Crippen molar-refractivity contribution in [3.8, 4) is 5.75 Å². The van der Waals surface area contributed by atoms with E-state index in [0.717, 1.165) is 12.0 Å². The van der Waals surface area contributed by atoms with Crippen LogP contribution in [0.1, 0.15) is 64.0 Å². The highest BCUT2D eigenvalue weighted by Crippen LogP contribution is 2.28. The van der Waals surface area contributed by atoms with Crippen molar-refractivity contribution in [1.29, 1.82) is 0 Å². The molecule has 19 heavy (non-hydrogen) atoms. The Labute approximate surface area is 121 Å². The van der Waals surface area contributed by atoms with Crippen LogP contribution in [0.3, 0.4) is 0 Å². The van der Waals surface area contributed by atoms with E-state index in [1.165, 1.54) is 32.1 Å². The predicted octanol–water partition coefficient (Wildman–Crippen LogP) is 5.13. The first-order valence-electron chi connectivity index (χ1n) is 7.25. The maximum absolute atomic E-state index is 9.46. The molecule has 0 aliphatic heterocycles. The number of rotatable bonds is 9. The summed E-state index contributed by atoms with van der Waals surface area (Å²) in [5.41, 5.74) is 0.817. The normalized spacial score (nSPS) is 12.4. The van der Waals surface area contributed by atoms with Crippen molar-refractivity contribution >= 4 is 11.6 Å². The van der Waals surface area contributed by atoms with Crippen LogP contribution in [-0.2, 0) is 0 Å². The molecule has 0 aliphatic carbocycles. The van der Waals surface area contributed by atoms with Gasteiger partial charge in [-0.3, -0.25) is 0 Å². The van der Waals surface area contributed by atoms with Crippen LogP contribution in [-0.4, -0.2) is 11.7 Å². The summed E-state index contributed by atoms with van der Waals surface area (Å²) in [5.74, 6) is 0.708. The number of aliphatic hydroxyl groups is 1. The first-order chi connectivity index (χ1) is 9.15. The average molecular weight is 285 g/mol. The SMILES string of the molecule is CCCCCCCCOc1ccc([C@@H](C)O)cc1Cl. The van der Waals surface area contributed by atoms with Crippen LogP contribution in [0.4, 0.5) is 0 Å². The number of hydrogen-bond donors (Lipinski definition) is 1. The van der Waals surface area contributed by atoms with E-state index in [2.05, 4.69) is 6.92 Å². The molecule has 2 nitrogen and oxygen atoms in total. The third-order valence-corrected chi connectivity index (χ3v) is 3.49. The summed E-state index contributed by atoms with van der Waals surface area (Å²) in [7, 11) is 0. The molecule has 0 spiro atoms. The van der Waals surface area contributed by atoms with Crippen LogP contribution >= 0.6 is 11.6 Å². The van der Waals surface area contributed by atoms with Crippen LogP contribution in [0.25, 0.3) is 0 Å². The van der Waals surface area contributed by atoms with E-state index in [1.807, 2.05) is 12.1 Å². The van der Waals surface area contributed by atoms with E-state index in [-0.39, 0.29) is 0 Å². The fraction of sp³-hybridized carbons (Fsp3) is 0.625. The lowest BCUT2D eigenvalue weighted by molar-refractivity contribution is 0.199. The lowest BCUT2D eigenvalue weighted by Crippen LogP contribution is -1.99. The Balaban J connectivity index is 2.26. The number of benzene rings is 1. The highest BCUT2D eigenvalue weighted by Gasteiger charge is 2.06. The topological polar surface area (TPSA) is 29.5 Å². The smallest absolute Gasteiger partial charge is 0.137 e. The quantitative estimate of drug-likeness (QED) is 0.637. The van der Waals surface area contributed by atoms with E-state index in [4.69, 9.17) is 16.3 Å². The molecule has 0 radical (unpaired) electrons. The van der Waals surface area contributed by atoms with Crippen molar-refractivity contribution in [2.45, 2.75) is 58.5 Å². The molecule has 1 N–H and O–H groups in total. The van der Waals surface area contributed by atoms with Crippen LogP contribution in [0, 0.1) is 0 Å². The molecule has 1 aromatic rings. The Morgan fingerprint density at radius 3 is 2.47 bits per heavy atom. The van der Waals surface area contributed by atoms with Crippen molar-refractivity contribution in [1.82, 2.24) is 0 Å². The number of aliphatic hydroxyl groups excluding tert-OH is 1. The monoisotopic (exact) mass is 284 g/mol. The molecule has 0 aromatic heterocycles. The second-order valence-corrected chi connectivity index (χ2v) is 5.39. The van der Waals surface area contributed by atoms with Crippen molar-refractivity contribution in [2.24, 2.45) is 0 Å². The molecule has 0 saturated carbocycles. The summed E-state index contributed by atoms with van der Waals surface area (Å²) in [5, 5.41) is 10.0. The molecule has 0 heterocycles. The zero-order valence-corrected chi connectivity index (χ0v) is 12.7. The number of unbranched alkanes of at least 4 members (excludes halogenated alkanes) is 5. The summed E-state index contributed by atoms with van der Waals surface area (Å²) in [4.78, 5) is 0. The Morgan fingerprint density at radius 1 is 1.16 bits per heavy atom. The number of halogens is 1. The van der Waals surface area contributed by atoms with Gasteiger partial charge in [-0.05, 0) is 31.0 Å². The zero-order valence-electron chi connectivity index (χ0n) is 12.0. The third-order valence-electron chi connectivity index (χ3n) is 3.19. The zero-order chi connectivity index (χ0) is 14.1. The molecule has 1 rings (SSSR count). The van der Waals surface area contributed by atoms with Crippen LogP contribution in [0.15, 0.2) is 18.2 Å². The molecule has 0 unspecified atom stereocenters. The minimum Gasteiger partial charge on any atom is -0.492 e. The average Bonchev–Trinajstić information content (AvgIpc) is 2.39. The molecule has 108 valence electrons. The molecule has 0 bridgehead atoms. The predicted molar refractivity (Wildman–Crippen MR) is 81.0 cm³/mol. The molecule has 3 heteroatoms. The van der Waals surface area contributed by atoms with Gasteiger partial charge in [-0.15, -0.1) is 0 Å². The fourth-order valence-corrected chi connectivity index (χ4v) is 2.20. The standard InChI is InChI=1S/C16H25ClO2/c1-3-4-5-6-7-8-11-19-16-10-9-14(13(2)18)12-15(16)17/h9-10,12-13,18H,3-8,11H2,1-2H3/t13-/m1/s1. The largest absolute Gasteiger partial charge is 0.492 e. The summed E-state index contributed by atoms with van der Waals surface area (Å²) < 4.78 is 5.66. The molecule has 0 fully saturated rings. The van der Waals surface area contributed by atoms with E-state index < -0.39 is 6.10 Å². The van der Waals surface area contributed by atoms with Crippen molar-refractivity contribution < 1.29 is 9.84 Å². The van der Waals surface area contributed by atoms with Crippen molar-refractivity contribution in [3.63, 3.8) is 0 Å². The number of ether oxygens (including phenoxy) is 1. The van der Waals surface area contributed by atoms with Gasteiger partial charge in [0.15, 0.2) is 0 Å². The molecular weight excluding hydrogens is 260 g/mol. The highest BCUT2D eigenvalue weighted by molar-refractivity contribution is 6.32. The van der Waals surface area contributed by atoms with E-state index >= 15 is 0 Å². The summed E-state index contributed by atoms with van der Waals surface area (Å²) >= 11 is 6.12. The molecule has 1 aromatic carbocycles. The molecule has 0 amide bonds. The van der Waals surface area contributed by atoms with Gasteiger partial charge in [0.25, 0.3) is 0 Å². The molecular formula is C16H25ClO2. The fourth-order valence-electron chi connectivity index (χ4n) is 1.96. The maximum Gasteiger partial charge on any atom is 0.137 e. The highest BCUT2D eigenvalue weighted by atomic mass is 35.5. The molecule has 0 saturated heterocycles. The molecule has 0 aliphatic rings. The van der Waals surface area contributed by atoms with Gasteiger partial charge in [-0.25, -0.2) is 0 Å². The van der Waals surface area contributed by atoms with Crippen molar-refractivity contribution in [2.75, 3.05) is 6.61 Å². The summed E-state index contributed by atoms with van der Waals surface area (Å²) in [6.07, 6.45) is 6.99. The summed E-state index contributed by atoms with van der Waals surface area (Å²) in [6, 6.07) is 5.46. The van der Waals surface area contributed by atoms with Gasteiger partial charge in [0, 0.05) is 0 Å². The lowest BCUT2D eigenvalue weighted by Gasteiger charge is -2.10. The second-order valence-electron chi connectivity index (χ2n) is 4.98. The van der Waals surface area contributed by atoms with Crippen LogP contribution in [0.5, 0.6) is 5.75 Å². The number of hydrogen-bond acceptors (Lipinski definition) is 2. The Kier molecular flexibility index (Phi) is 7.92. The lowest BCUT2D eigenvalue weighted by atomic mass is 10.1. The van der Waals surface area contributed by atoms with Gasteiger partial charge in [0.2, 0.25) is 0 Å². The van der Waals surface area contributed by atoms with Gasteiger partial charge < -0.3 is 9.84 Å². The minimum atomic E-state index is -0.495. The Bertz CT molecular complexity index is 364. The maximum atomic E-state index is 9.46. The summed E-state index contributed by atoms with van der Waals surface area (Å²) in [6.45, 7) is 4.66. The van der Waals surface area contributed by atoms with E-state index in [1.54, 1.807) is 13.0 Å². The molecule has 1 atom stereocenters. The van der Waals surface area contributed by atoms with Gasteiger partial charge in [-0.2, -0.15) is 0 Å². The third kappa shape index (κ3) is 6.31. The minimum absolute atomic E-state index is 0.495. The van der Waals surface area contributed by atoms with Gasteiger partial charge in [0.05, 0.1) is 17.7 Å². The van der Waals surface area contributed by atoms with Crippen molar-refractivity contribution in [3.05, 3.63) is 28.8 Å². The van der Waals surface area contributed by atoms with Gasteiger partial charge in [0.1, 0.15) is 5.75 Å². The second kappa shape index (κ2) is 9.22. The Morgan fingerprint density at radius 2 is 1.84 bits per heavy atom. The Hall–Kier alpha value is -0.730. The van der Waals surface area contributed by atoms with E-state index in [9.17, 15) is 5.11 Å².